The van der Waals surface area contributed by atoms with Gasteiger partial charge < -0.3 is 0 Å². The van der Waals surface area contributed by atoms with Gasteiger partial charge in [-0.25, -0.2) is 0 Å². The van der Waals surface area contributed by atoms with Gasteiger partial charge in [0, 0.05) is 11.4 Å². The van der Waals surface area contributed by atoms with Crippen molar-refractivity contribution >= 4 is 0 Å². The summed E-state index contributed by atoms with van der Waals surface area (Å²) in [7, 11) is 0. The molecule has 0 aliphatic heterocycles. The Morgan fingerprint density at radius 3 is 2.12 bits per heavy atom. The third-order valence-corrected chi connectivity index (χ3v) is 2.95. The Labute approximate surface area is 104 Å². The van der Waals surface area contributed by atoms with E-state index in [1.165, 1.54) is 22.4 Å². The number of aryl methyl sites for hydroxylation is 2. The molecule has 0 aliphatic rings. The van der Waals surface area contributed by atoms with Crippen molar-refractivity contribution in [3.8, 4) is 11.1 Å². The van der Waals surface area contributed by atoms with Crippen LogP contribution in [0, 0.1) is 13.8 Å². The zero-order chi connectivity index (χ0) is 12.4. The molecule has 0 unspecified atom stereocenters. The zero-order valence-electron chi connectivity index (χ0n) is 11.0. The molecule has 1 heterocycles. The first-order chi connectivity index (χ1) is 8.06. The van der Waals surface area contributed by atoms with E-state index in [0.717, 1.165) is 5.69 Å². The van der Waals surface area contributed by atoms with Gasteiger partial charge in [0.15, 0.2) is 0 Å². The van der Waals surface area contributed by atoms with Crippen LogP contribution in [-0.2, 0) is 0 Å². The maximum Gasteiger partial charge on any atom is 0.0438 e. The summed E-state index contributed by atoms with van der Waals surface area (Å²) in [6, 6.07) is 13.0. The van der Waals surface area contributed by atoms with Gasteiger partial charge in [0.2, 0.25) is 0 Å². The number of hydrogen-bond acceptors (Lipinski definition) is 1. The minimum absolute atomic E-state index is 0.471. The normalized spacial score (nSPS) is 10.9. The molecule has 1 nitrogen and oxygen atoms in total. The Balaban J connectivity index is 2.48. The van der Waals surface area contributed by atoms with E-state index in [1.54, 1.807) is 0 Å². The maximum absolute atomic E-state index is 4.58. The van der Waals surface area contributed by atoms with Gasteiger partial charge >= 0.3 is 0 Å². The molecule has 0 atom stereocenters. The van der Waals surface area contributed by atoms with Crippen LogP contribution in [0.15, 0.2) is 36.4 Å². The van der Waals surface area contributed by atoms with Gasteiger partial charge in [-0.05, 0) is 43.0 Å². The van der Waals surface area contributed by atoms with E-state index >= 15 is 0 Å². The molecule has 1 heteroatoms. The van der Waals surface area contributed by atoms with E-state index < -0.39 is 0 Å². The number of nitrogens with zero attached hydrogens (tertiary/aromatic N) is 1. The summed E-state index contributed by atoms with van der Waals surface area (Å²) in [5.41, 5.74) is 6.08. The largest absolute Gasteiger partial charge is 0.258 e. The van der Waals surface area contributed by atoms with Gasteiger partial charge in [-0.2, -0.15) is 0 Å². The highest BCUT2D eigenvalue weighted by Gasteiger charge is 2.05. The van der Waals surface area contributed by atoms with Crippen molar-refractivity contribution in [3.63, 3.8) is 0 Å². The van der Waals surface area contributed by atoms with Gasteiger partial charge in [-0.15, -0.1) is 0 Å². The van der Waals surface area contributed by atoms with Crippen LogP contribution < -0.4 is 0 Å². The highest BCUT2D eigenvalue weighted by atomic mass is 14.7. The van der Waals surface area contributed by atoms with Crippen molar-refractivity contribution in [1.82, 2.24) is 4.98 Å². The topological polar surface area (TPSA) is 12.9 Å². The standard InChI is InChI=1S/C16H19N/c1-11(2)16-10-15(9-13(4)17-16)14-7-5-12(3)6-8-14/h5-11H,1-4H3. The molecule has 0 aliphatic carbocycles. The molecule has 0 spiro atoms. The number of aromatic nitrogens is 1. The van der Waals surface area contributed by atoms with E-state index in [4.69, 9.17) is 0 Å². The molecule has 0 bridgehead atoms. The van der Waals surface area contributed by atoms with Crippen LogP contribution in [0.1, 0.15) is 36.7 Å². The third kappa shape index (κ3) is 2.73. The van der Waals surface area contributed by atoms with Gasteiger partial charge in [0.25, 0.3) is 0 Å². The number of benzene rings is 1. The van der Waals surface area contributed by atoms with Gasteiger partial charge in [-0.1, -0.05) is 43.7 Å². The van der Waals surface area contributed by atoms with Crippen LogP contribution in [0.3, 0.4) is 0 Å². The first-order valence-corrected chi connectivity index (χ1v) is 6.12. The molecule has 1 aromatic carbocycles. The Morgan fingerprint density at radius 1 is 0.882 bits per heavy atom. The van der Waals surface area contributed by atoms with Gasteiger partial charge in [0.1, 0.15) is 0 Å². The molecular weight excluding hydrogens is 206 g/mol. The van der Waals surface area contributed by atoms with Gasteiger partial charge in [-0.3, -0.25) is 4.98 Å². The van der Waals surface area contributed by atoms with E-state index in [2.05, 4.69) is 69.1 Å². The lowest BCUT2D eigenvalue weighted by Gasteiger charge is -2.09. The number of pyridine rings is 1. The molecular formula is C16H19N. The molecule has 0 N–H and O–H groups in total. The Morgan fingerprint density at radius 2 is 1.53 bits per heavy atom. The van der Waals surface area contributed by atoms with E-state index in [0.29, 0.717) is 5.92 Å². The highest BCUT2D eigenvalue weighted by Crippen LogP contribution is 2.24. The van der Waals surface area contributed by atoms with Crippen LogP contribution in [0.5, 0.6) is 0 Å². The summed E-state index contributed by atoms with van der Waals surface area (Å²) < 4.78 is 0. The number of hydrogen-bond donors (Lipinski definition) is 0. The van der Waals surface area contributed by atoms with Crippen molar-refractivity contribution in [1.29, 1.82) is 0 Å². The maximum atomic E-state index is 4.58. The molecule has 0 saturated carbocycles. The average molecular weight is 225 g/mol. The monoisotopic (exact) mass is 225 g/mol. The Kier molecular flexibility index (Phi) is 3.28. The summed E-state index contributed by atoms with van der Waals surface area (Å²) in [5.74, 6) is 0.471. The SMILES string of the molecule is Cc1ccc(-c2cc(C)nc(C(C)C)c2)cc1. The molecule has 0 amide bonds. The zero-order valence-corrected chi connectivity index (χ0v) is 11.0. The second kappa shape index (κ2) is 4.70. The fourth-order valence-electron chi connectivity index (χ4n) is 1.90. The van der Waals surface area contributed by atoms with Crippen molar-refractivity contribution < 1.29 is 0 Å². The van der Waals surface area contributed by atoms with E-state index in [1.807, 2.05) is 0 Å². The smallest absolute Gasteiger partial charge is 0.0438 e. The lowest BCUT2D eigenvalue weighted by Crippen LogP contribution is -1.95. The van der Waals surface area contributed by atoms with Crippen LogP contribution in [0.2, 0.25) is 0 Å². The van der Waals surface area contributed by atoms with E-state index in [9.17, 15) is 0 Å². The summed E-state index contributed by atoms with van der Waals surface area (Å²) in [5, 5.41) is 0. The second-order valence-electron chi connectivity index (χ2n) is 4.94. The molecule has 88 valence electrons. The predicted octanol–water partition coefficient (Wildman–Crippen LogP) is 4.49. The third-order valence-electron chi connectivity index (χ3n) is 2.95. The summed E-state index contributed by atoms with van der Waals surface area (Å²) in [6.07, 6.45) is 0. The summed E-state index contributed by atoms with van der Waals surface area (Å²) in [6.45, 7) is 8.53. The highest BCUT2D eigenvalue weighted by molar-refractivity contribution is 5.64. The van der Waals surface area contributed by atoms with Crippen LogP contribution >= 0.6 is 0 Å². The Hall–Kier alpha value is -1.63. The average Bonchev–Trinajstić information content (AvgIpc) is 2.29. The lowest BCUT2D eigenvalue weighted by molar-refractivity contribution is 0.816. The van der Waals surface area contributed by atoms with Crippen molar-refractivity contribution in [2.24, 2.45) is 0 Å². The van der Waals surface area contributed by atoms with Crippen LogP contribution in [0.4, 0.5) is 0 Å². The number of rotatable bonds is 2. The molecule has 0 fully saturated rings. The first-order valence-electron chi connectivity index (χ1n) is 6.12. The minimum Gasteiger partial charge on any atom is -0.258 e. The van der Waals surface area contributed by atoms with Crippen molar-refractivity contribution in [2.45, 2.75) is 33.6 Å². The summed E-state index contributed by atoms with van der Waals surface area (Å²) in [4.78, 5) is 4.58. The molecule has 0 saturated heterocycles. The molecule has 17 heavy (non-hydrogen) atoms. The fraction of sp³-hybridized carbons (Fsp3) is 0.312. The van der Waals surface area contributed by atoms with Gasteiger partial charge in [0.05, 0.1) is 0 Å². The van der Waals surface area contributed by atoms with Crippen LogP contribution in [-0.4, -0.2) is 4.98 Å². The van der Waals surface area contributed by atoms with Crippen LogP contribution in [0.25, 0.3) is 11.1 Å². The molecule has 0 radical (unpaired) electrons. The fourth-order valence-corrected chi connectivity index (χ4v) is 1.90. The van der Waals surface area contributed by atoms with Crippen molar-refractivity contribution in [3.05, 3.63) is 53.3 Å². The molecule has 1 aromatic heterocycles. The predicted molar refractivity (Wildman–Crippen MR) is 73.2 cm³/mol. The van der Waals surface area contributed by atoms with E-state index in [-0.39, 0.29) is 0 Å². The quantitative estimate of drug-likeness (QED) is 0.734. The Bertz CT molecular complexity index is 510. The van der Waals surface area contributed by atoms with Crippen molar-refractivity contribution in [2.75, 3.05) is 0 Å². The summed E-state index contributed by atoms with van der Waals surface area (Å²) >= 11 is 0. The molecule has 2 rings (SSSR count). The first kappa shape index (κ1) is 11.8. The second-order valence-corrected chi connectivity index (χ2v) is 4.94. The minimum atomic E-state index is 0.471. The lowest BCUT2D eigenvalue weighted by atomic mass is 10.0. The molecule has 2 aromatic rings.